The summed E-state index contributed by atoms with van der Waals surface area (Å²) in [6, 6.07) is 7.33. The molecule has 0 bridgehead atoms. The molecule has 0 radical (unpaired) electrons. The third-order valence-corrected chi connectivity index (χ3v) is 1.65. The van der Waals surface area contributed by atoms with Gasteiger partial charge in [-0.15, -0.1) is 0 Å². The maximum atomic E-state index is 10.9. The summed E-state index contributed by atoms with van der Waals surface area (Å²) in [5, 5.41) is 3.07. The van der Waals surface area contributed by atoms with E-state index in [1.54, 1.807) is 19.1 Å². The number of ketones is 1. The van der Waals surface area contributed by atoms with Crippen molar-refractivity contribution in [1.29, 1.82) is 0 Å². The van der Waals surface area contributed by atoms with E-state index in [1.807, 2.05) is 19.1 Å². The van der Waals surface area contributed by atoms with Gasteiger partial charge in [-0.25, -0.2) is 0 Å². The molecule has 68 valence electrons. The van der Waals surface area contributed by atoms with Gasteiger partial charge in [0.2, 0.25) is 0 Å². The second-order valence-electron chi connectivity index (χ2n) is 3.04. The SMILES string of the molecule is C=C(C)Nc1ccc(C(C)=O)cc1. The predicted molar refractivity (Wildman–Crippen MR) is 54.9 cm³/mol. The van der Waals surface area contributed by atoms with Crippen LogP contribution >= 0.6 is 0 Å². The van der Waals surface area contributed by atoms with E-state index in [0.29, 0.717) is 0 Å². The highest BCUT2D eigenvalue weighted by Crippen LogP contribution is 2.11. The minimum atomic E-state index is 0.0851. The first kappa shape index (κ1) is 9.52. The van der Waals surface area contributed by atoms with Gasteiger partial charge < -0.3 is 5.32 Å². The van der Waals surface area contributed by atoms with Gasteiger partial charge in [0.15, 0.2) is 5.78 Å². The summed E-state index contributed by atoms with van der Waals surface area (Å²) in [6.07, 6.45) is 0. The first-order chi connectivity index (χ1) is 6.09. The van der Waals surface area contributed by atoms with E-state index in [0.717, 1.165) is 16.9 Å². The zero-order chi connectivity index (χ0) is 9.84. The summed E-state index contributed by atoms with van der Waals surface area (Å²) in [6.45, 7) is 7.17. The lowest BCUT2D eigenvalue weighted by atomic mass is 10.1. The fraction of sp³-hybridized carbons (Fsp3) is 0.182. The Morgan fingerprint density at radius 2 is 1.77 bits per heavy atom. The maximum absolute atomic E-state index is 10.9. The van der Waals surface area contributed by atoms with Gasteiger partial charge in [-0.3, -0.25) is 4.79 Å². The molecule has 2 nitrogen and oxygen atoms in total. The highest BCUT2D eigenvalue weighted by Gasteiger charge is 1.97. The van der Waals surface area contributed by atoms with Gasteiger partial charge in [0.25, 0.3) is 0 Å². The molecule has 0 aliphatic heterocycles. The highest BCUT2D eigenvalue weighted by molar-refractivity contribution is 5.94. The molecule has 0 heterocycles. The Bertz CT molecular complexity index is 324. The van der Waals surface area contributed by atoms with Gasteiger partial charge in [-0.2, -0.15) is 0 Å². The van der Waals surface area contributed by atoms with Crippen molar-refractivity contribution in [2.75, 3.05) is 5.32 Å². The Morgan fingerprint density at radius 1 is 1.23 bits per heavy atom. The van der Waals surface area contributed by atoms with E-state index >= 15 is 0 Å². The quantitative estimate of drug-likeness (QED) is 0.716. The van der Waals surface area contributed by atoms with E-state index in [9.17, 15) is 4.79 Å². The predicted octanol–water partition coefficient (Wildman–Crippen LogP) is 2.83. The normalized spacial score (nSPS) is 9.38. The average molecular weight is 175 g/mol. The van der Waals surface area contributed by atoms with Crippen LogP contribution in [0, 0.1) is 0 Å². The molecule has 0 spiro atoms. The number of allylic oxidation sites excluding steroid dienone is 1. The number of hydrogen-bond acceptors (Lipinski definition) is 2. The number of benzene rings is 1. The Balaban J connectivity index is 2.81. The van der Waals surface area contributed by atoms with Crippen LogP contribution in [0.3, 0.4) is 0 Å². The molecular weight excluding hydrogens is 162 g/mol. The molecule has 0 saturated heterocycles. The monoisotopic (exact) mass is 175 g/mol. The number of anilines is 1. The van der Waals surface area contributed by atoms with Crippen LogP contribution in [-0.2, 0) is 0 Å². The van der Waals surface area contributed by atoms with Crippen molar-refractivity contribution in [3.05, 3.63) is 42.1 Å². The average Bonchev–Trinajstić information content (AvgIpc) is 2.04. The standard InChI is InChI=1S/C11H13NO/c1-8(2)12-11-6-4-10(5-7-11)9(3)13/h4-7,12H,1H2,2-3H3. The van der Waals surface area contributed by atoms with Crippen molar-refractivity contribution < 1.29 is 4.79 Å². The second-order valence-corrected chi connectivity index (χ2v) is 3.04. The smallest absolute Gasteiger partial charge is 0.159 e. The fourth-order valence-corrected chi connectivity index (χ4v) is 1.03. The van der Waals surface area contributed by atoms with Crippen LogP contribution in [0.4, 0.5) is 5.69 Å². The molecule has 1 aromatic rings. The van der Waals surface area contributed by atoms with E-state index in [4.69, 9.17) is 0 Å². The molecule has 0 saturated carbocycles. The van der Waals surface area contributed by atoms with Crippen LogP contribution in [0.15, 0.2) is 36.5 Å². The van der Waals surface area contributed by atoms with Crippen molar-refractivity contribution in [3.8, 4) is 0 Å². The van der Waals surface area contributed by atoms with Gasteiger partial charge in [0, 0.05) is 16.9 Å². The number of Topliss-reactive ketones (excluding diaryl/α,β-unsaturated/α-hetero) is 1. The Morgan fingerprint density at radius 3 is 2.15 bits per heavy atom. The molecule has 1 aromatic carbocycles. The minimum absolute atomic E-state index is 0.0851. The lowest BCUT2D eigenvalue weighted by Gasteiger charge is -2.04. The van der Waals surface area contributed by atoms with E-state index < -0.39 is 0 Å². The van der Waals surface area contributed by atoms with Gasteiger partial charge in [-0.05, 0) is 38.1 Å². The zero-order valence-electron chi connectivity index (χ0n) is 7.92. The van der Waals surface area contributed by atoms with Crippen LogP contribution in [0.2, 0.25) is 0 Å². The topological polar surface area (TPSA) is 29.1 Å². The third kappa shape index (κ3) is 2.75. The first-order valence-electron chi connectivity index (χ1n) is 4.13. The van der Waals surface area contributed by atoms with Crippen LogP contribution in [0.1, 0.15) is 24.2 Å². The fourth-order valence-electron chi connectivity index (χ4n) is 1.03. The summed E-state index contributed by atoms with van der Waals surface area (Å²) in [5.74, 6) is 0.0851. The summed E-state index contributed by atoms with van der Waals surface area (Å²) in [5.41, 5.74) is 2.57. The number of hydrogen-bond donors (Lipinski definition) is 1. The molecule has 13 heavy (non-hydrogen) atoms. The minimum Gasteiger partial charge on any atom is -0.360 e. The molecule has 1 N–H and O–H groups in total. The molecule has 0 aliphatic rings. The Kier molecular flexibility index (Phi) is 2.85. The molecule has 0 amide bonds. The lowest BCUT2D eigenvalue weighted by Crippen LogP contribution is -1.95. The Hall–Kier alpha value is -1.57. The van der Waals surface area contributed by atoms with Crippen LogP contribution in [-0.4, -0.2) is 5.78 Å². The summed E-state index contributed by atoms with van der Waals surface area (Å²) in [7, 11) is 0. The molecule has 0 atom stereocenters. The highest BCUT2D eigenvalue weighted by atomic mass is 16.1. The van der Waals surface area contributed by atoms with Gasteiger partial charge in [-0.1, -0.05) is 6.58 Å². The number of carbonyl (C=O) groups is 1. The van der Waals surface area contributed by atoms with Crippen molar-refractivity contribution >= 4 is 11.5 Å². The van der Waals surface area contributed by atoms with Gasteiger partial charge in [0.05, 0.1) is 0 Å². The molecule has 0 aromatic heterocycles. The molecule has 0 fully saturated rings. The van der Waals surface area contributed by atoms with Crippen molar-refractivity contribution in [2.45, 2.75) is 13.8 Å². The maximum Gasteiger partial charge on any atom is 0.159 e. The first-order valence-corrected chi connectivity index (χ1v) is 4.13. The molecular formula is C11H13NO. The van der Waals surface area contributed by atoms with Crippen molar-refractivity contribution in [2.24, 2.45) is 0 Å². The van der Waals surface area contributed by atoms with Crippen molar-refractivity contribution in [3.63, 3.8) is 0 Å². The number of carbonyl (C=O) groups excluding carboxylic acids is 1. The van der Waals surface area contributed by atoms with E-state index in [1.165, 1.54) is 0 Å². The van der Waals surface area contributed by atoms with Crippen LogP contribution in [0.25, 0.3) is 0 Å². The Labute approximate surface area is 78.3 Å². The van der Waals surface area contributed by atoms with E-state index in [-0.39, 0.29) is 5.78 Å². The molecule has 1 rings (SSSR count). The third-order valence-electron chi connectivity index (χ3n) is 1.65. The molecule has 0 aliphatic carbocycles. The van der Waals surface area contributed by atoms with Gasteiger partial charge >= 0.3 is 0 Å². The van der Waals surface area contributed by atoms with E-state index in [2.05, 4.69) is 11.9 Å². The van der Waals surface area contributed by atoms with Crippen molar-refractivity contribution in [1.82, 2.24) is 0 Å². The summed E-state index contributed by atoms with van der Waals surface area (Å²) < 4.78 is 0. The van der Waals surface area contributed by atoms with Crippen LogP contribution in [0.5, 0.6) is 0 Å². The number of rotatable bonds is 3. The lowest BCUT2D eigenvalue weighted by molar-refractivity contribution is 0.101. The van der Waals surface area contributed by atoms with Gasteiger partial charge in [0.1, 0.15) is 0 Å². The summed E-state index contributed by atoms with van der Waals surface area (Å²) in [4.78, 5) is 10.9. The zero-order valence-corrected chi connectivity index (χ0v) is 7.92. The summed E-state index contributed by atoms with van der Waals surface area (Å²) >= 11 is 0. The number of nitrogens with one attached hydrogen (secondary N) is 1. The second kappa shape index (κ2) is 3.90. The molecule has 0 unspecified atom stereocenters. The molecule has 2 heteroatoms. The van der Waals surface area contributed by atoms with Crippen LogP contribution < -0.4 is 5.32 Å². The largest absolute Gasteiger partial charge is 0.360 e.